The Labute approximate surface area is 146 Å². The number of aromatic nitrogens is 4. The van der Waals surface area contributed by atoms with E-state index in [1.807, 2.05) is 24.3 Å². The predicted molar refractivity (Wildman–Crippen MR) is 91.1 cm³/mol. The Bertz CT molecular complexity index is 680. The number of hydrogen-bond acceptors (Lipinski definition) is 6. The average molecular weight is 345 g/mol. The molecule has 1 aromatic heterocycles. The van der Waals surface area contributed by atoms with E-state index >= 15 is 0 Å². The second-order valence-electron chi connectivity index (χ2n) is 5.86. The monoisotopic (exact) mass is 345 g/mol. The second kappa shape index (κ2) is 8.57. The molecule has 0 aliphatic carbocycles. The molecule has 2 aromatic rings. The number of carbonyl (C=O) groups is 1. The molecular formula is C17H23N5O3. The van der Waals surface area contributed by atoms with E-state index in [4.69, 9.17) is 9.47 Å². The summed E-state index contributed by atoms with van der Waals surface area (Å²) in [6.07, 6.45) is 2.14. The van der Waals surface area contributed by atoms with E-state index in [1.165, 1.54) is 4.80 Å². The van der Waals surface area contributed by atoms with Gasteiger partial charge in [-0.15, -0.1) is 10.2 Å². The van der Waals surface area contributed by atoms with Crippen molar-refractivity contribution in [1.29, 1.82) is 0 Å². The van der Waals surface area contributed by atoms with Gasteiger partial charge in [-0.3, -0.25) is 4.79 Å². The van der Waals surface area contributed by atoms with Crippen LogP contribution in [-0.2, 0) is 16.1 Å². The zero-order valence-electron chi connectivity index (χ0n) is 14.4. The third-order valence-electron chi connectivity index (χ3n) is 3.97. The summed E-state index contributed by atoms with van der Waals surface area (Å²) in [5.74, 6) is 1.30. The van der Waals surface area contributed by atoms with Gasteiger partial charge in [0, 0.05) is 18.7 Å². The fourth-order valence-corrected chi connectivity index (χ4v) is 2.49. The average Bonchev–Trinajstić information content (AvgIpc) is 3.12. The number of benzene rings is 1. The number of morpholine rings is 1. The fraction of sp³-hybridized carbons (Fsp3) is 0.529. The first kappa shape index (κ1) is 17.3. The Morgan fingerprint density at radius 1 is 1.24 bits per heavy atom. The molecule has 0 atom stereocenters. The molecule has 0 unspecified atom stereocenters. The molecule has 3 rings (SSSR count). The summed E-state index contributed by atoms with van der Waals surface area (Å²) in [4.78, 5) is 15.3. The van der Waals surface area contributed by atoms with Gasteiger partial charge in [0.25, 0.3) is 0 Å². The Kier molecular flexibility index (Phi) is 5.95. The SMILES string of the molecule is CCCCOc1ccc(-c2nnn(CC(=O)N3CCOCC3)n2)cc1. The summed E-state index contributed by atoms with van der Waals surface area (Å²) in [5.41, 5.74) is 0.841. The minimum atomic E-state index is -0.0214. The van der Waals surface area contributed by atoms with E-state index in [-0.39, 0.29) is 12.5 Å². The van der Waals surface area contributed by atoms with Crippen LogP contribution in [0.25, 0.3) is 11.4 Å². The Balaban J connectivity index is 1.58. The van der Waals surface area contributed by atoms with Crippen molar-refractivity contribution in [2.75, 3.05) is 32.9 Å². The van der Waals surface area contributed by atoms with E-state index in [0.717, 1.165) is 24.2 Å². The molecule has 1 saturated heterocycles. The summed E-state index contributed by atoms with van der Waals surface area (Å²) in [7, 11) is 0. The second-order valence-corrected chi connectivity index (χ2v) is 5.86. The Morgan fingerprint density at radius 2 is 2.00 bits per heavy atom. The first-order chi connectivity index (χ1) is 12.3. The number of tetrazole rings is 1. The molecule has 1 amide bonds. The van der Waals surface area contributed by atoms with Crippen LogP contribution in [0.3, 0.4) is 0 Å². The highest BCUT2D eigenvalue weighted by atomic mass is 16.5. The summed E-state index contributed by atoms with van der Waals surface area (Å²) in [6, 6.07) is 7.58. The maximum Gasteiger partial charge on any atom is 0.246 e. The van der Waals surface area contributed by atoms with E-state index in [1.54, 1.807) is 4.90 Å². The van der Waals surface area contributed by atoms with Gasteiger partial charge in [-0.2, -0.15) is 4.80 Å². The van der Waals surface area contributed by atoms with Crippen molar-refractivity contribution in [3.63, 3.8) is 0 Å². The maximum atomic E-state index is 12.2. The number of carbonyl (C=O) groups excluding carboxylic acids is 1. The van der Waals surface area contributed by atoms with Crippen LogP contribution in [0.2, 0.25) is 0 Å². The molecule has 0 N–H and O–H groups in total. The van der Waals surface area contributed by atoms with Crippen LogP contribution >= 0.6 is 0 Å². The van der Waals surface area contributed by atoms with E-state index in [0.29, 0.717) is 38.7 Å². The van der Waals surface area contributed by atoms with Gasteiger partial charge < -0.3 is 14.4 Å². The molecule has 0 spiro atoms. The zero-order valence-corrected chi connectivity index (χ0v) is 14.4. The maximum absolute atomic E-state index is 12.2. The van der Waals surface area contributed by atoms with Crippen LogP contribution in [0, 0.1) is 0 Å². The molecule has 0 saturated carbocycles. The lowest BCUT2D eigenvalue weighted by Crippen LogP contribution is -2.42. The number of nitrogens with zero attached hydrogens (tertiary/aromatic N) is 5. The van der Waals surface area contributed by atoms with Crippen molar-refractivity contribution in [2.45, 2.75) is 26.3 Å². The molecule has 0 radical (unpaired) electrons. The summed E-state index contributed by atoms with van der Waals surface area (Å²) >= 11 is 0. The molecule has 25 heavy (non-hydrogen) atoms. The van der Waals surface area contributed by atoms with Crippen molar-refractivity contribution in [3.05, 3.63) is 24.3 Å². The third kappa shape index (κ3) is 4.76. The van der Waals surface area contributed by atoms with E-state index < -0.39 is 0 Å². The van der Waals surface area contributed by atoms with Crippen LogP contribution in [0.15, 0.2) is 24.3 Å². The molecule has 1 aromatic carbocycles. The molecule has 134 valence electrons. The molecule has 1 aliphatic rings. The zero-order chi connectivity index (χ0) is 17.5. The van der Waals surface area contributed by atoms with Crippen LogP contribution < -0.4 is 4.74 Å². The normalized spacial score (nSPS) is 14.5. The van der Waals surface area contributed by atoms with Crippen molar-refractivity contribution in [2.24, 2.45) is 0 Å². The van der Waals surface area contributed by atoms with Crippen LogP contribution in [0.5, 0.6) is 5.75 Å². The van der Waals surface area contributed by atoms with E-state index in [2.05, 4.69) is 22.3 Å². The van der Waals surface area contributed by atoms with Gasteiger partial charge in [-0.05, 0) is 35.9 Å². The van der Waals surface area contributed by atoms with Gasteiger partial charge in [0.15, 0.2) is 0 Å². The summed E-state index contributed by atoms with van der Waals surface area (Å²) in [5, 5.41) is 12.3. The number of ether oxygens (including phenoxy) is 2. The molecule has 0 bridgehead atoms. The lowest BCUT2D eigenvalue weighted by molar-refractivity contribution is -0.136. The molecule has 8 nitrogen and oxygen atoms in total. The lowest BCUT2D eigenvalue weighted by atomic mass is 10.2. The molecule has 2 heterocycles. The largest absolute Gasteiger partial charge is 0.494 e. The highest BCUT2D eigenvalue weighted by Crippen LogP contribution is 2.19. The van der Waals surface area contributed by atoms with Gasteiger partial charge in [-0.1, -0.05) is 13.3 Å². The Morgan fingerprint density at radius 3 is 2.72 bits per heavy atom. The molecular weight excluding hydrogens is 322 g/mol. The number of hydrogen-bond donors (Lipinski definition) is 0. The van der Waals surface area contributed by atoms with Gasteiger partial charge in [0.05, 0.1) is 19.8 Å². The predicted octanol–water partition coefficient (Wildman–Crippen LogP) is 1.38. The van der Waals surface area contributed by atoms with Crippen molar-refractivity contribution >= 4 is 5.91 Å². The topological polar surface area (TPSA) is 82.4 Å². The minimum Gasteiger partial charge on any atom is -0.494 e. The highest BCUT2D eigenvalue weighted by molar-refractivity contribution is 5.75. The minimum absolute atomic E-state index is 0.0214. The van der Waals surface area contributed by atoms with Crippen LogP contribution in [-0.4, -0.2) is 63.9 Å². The Hall–Kier alpha value is -2.48. The third-order valence-corrected chi connectivity index (χ3v) is 3.97. The fourth-order valence-electron chi connectivity index (χ4n) is 2.49. The standard InChI is InChI=1S/C17H23N5O3/c1-2-3-10-25-15-6-4-14(5-7-15)17-18-20-22(19-17)13-16(23)21-8-11-24-12-9-21/h4-7H,2-3,8-13H2,1H3. The number of amides is 1. The van der Waals surface area contributed by atoms with Gasteiger partial charge in [0.1, 0.15) is 12.3 Å². The summed E-state index contributed by atoms with van der Waals surface area (Å²) < 4.78 is 10.9. The van der Waals surface area contributed by atoms with Gasteiger partial charge in [-0.25, -0.2) is 0 Å². The van der Waals surface area contributed by atoms with Crippen molar-refractivity contribution in [3.8, 4) is 17.1 Å². The number of rotatable bonds is 7. The quantitative estimate of drug-likeness (QED) is 0.705. The smallest absolute Gasteiger partial charge is 0.246 e. The first-order valence-corrected chi connectivity index (χ1v) is 8.63. The van der Waals surface area contributed by atoms with Crippen molar-refractivity contribution in [1.82, 2.24) is 25.1 Å². The number of unbranched alkanes of at least 4 members (excludes halogenated alkanes) is 1. The molecule has 1 aliphatic heterocycles. The molecule has 8 heteroatoms. The van der Waals surface area contributed by atoms with Crippen molar-refractivity contribution < 1.29 is 14.3 Å². The van der Waals surface area contributed by atoms with Gasteiger partial charge >= 0.3 is 0 Å². The van der Waals surface area contributed by atoms with E-state index in [9.17, 15) is 4.79 Å². The van der Waals surface area contributed by atoms with Crippen LogP contribution in [0.1, 0.15) is 19.8 Å². The van der Waals surface area contributed by atoms with Crippen LogP contribution in [0.4, 0.5) is 0 Å². The van der Waals surface area contributed by atoms with Gasteiger partial charge in [0.2, 0.25) is 11.7 Å². The molecule has 1 fully saturated rings. The highest BCUT2D eigenvalue weighted by Gasteiger charge is 2.18. The summed E-state index contributed by atoms with van der Waals surface area (Å²) in [6.45, 7) is 5.31. The lowest BCUT2D eigenvalue weighted by Gasteiger charge is -2.26. The first-order valence-electron chi connectivity index (χ1n) is 8.63.